The van der Waals surface area contributed by atoms with Crippen LogP contribution in [0.2, 0.25) is 0 Å². The zero-order valence-corrected chi connectivity index (χ0v) is 18.5. The van der Waals surface area contributed by atoms with Crippen LogP contribution >= 0.6 is 0 Å². The van der Waals surface area contributed by atoms with E-state index in [0.29, 0.717) is 0 Å². The van der Waals surface area contributed by atoms with Gasteiger partial charge in [0.25, 0.3) is 10.0 Å². The van der Waals surface area contributed by atoms with Crippen molar-refractivity contribution in [2.75, 3.05) is 6.54 Å². The van der Waals surface area contributed by atoms with Crippen molar-refractivity contribution in [3.8, 4) is 0 Å². The van der Waals surface area contributed by atoms with Crippen LogP contribution in [0.15, 0.2) is 71.3 Å². The molecule has 31 heavy (non-hydrogen) atoms. The Bertz CT molecular complexity index is 1090. The Morgan fingerprint density at radius 3 is 2.45 bits per heavy atom. The van der Waals surface area contributed by atoms with Gasteiger partial charge in [-0.3, -0.25) is 4.31 Å². The molecule has 2 aliphatic rings. The lowest BCUT2D eigenvalue weighted by molar-refractivity contribution is -0.142. The highest BCUT2D eigenvalue weighted by atomic mass is 32.2. The number of nitrogens with zero attached hydrogens (tertiary/aromatic N) is 1. The number of esters is 1. The fraction of sp³-hybridized carbons (Fsp3) is 0.348. The van der Waals surface area contributed by atoms with Crippen molar-refractivity contribution < 1.29 is 27.4 Å². The third kappa shape index (κ3) is 4.51. The number of carbonyl (C=O) groups is 1. The van der Waals surface area contributed by atoms with E-state index in [1.165, 1.54) is 18.2 Å². The summed E-state index contributed by atoms with van der Waals surface area (Å²) in [5, 5.41) is 0. The van der Waals surface area contributed by atoms with Crippen LogP contribution in [0.4, 0.5) is 0 Å². The molecular weight excluding hydrogens is 418 g/mol. The number of sulfonamides is 1. The largest absolute Gasteiger partial charge is 0.456 e. The SMILES string of the molecule is Cc1ccc(S(=O)(=O)N2C[C@@H]3OC(C)(C)O[C@H]3C=C2C(=O)OCc2ccccc2)cc1. The summed E-state index contributed by atoms with van der Waals surface area (Å²) < 4.78 is 45.1. The topological polar surface area (TPSA) is 82.1 Å². The van der Waals surface area contributed by atoms with Gasteiger partial charge in [0.1, 0.15) is 24.5 Å². The Morgan fingerprint density at radius 2 is 1.77 bits per heavy atom. The quantitative estimate of drug-likeness (QED) is 0.661. The molecule has 0 unspecified atom stereocenters. The van der Waals surface area contributed by atoms with Gasteiger partial charge in [0.15, 0.2) is 5.79 Å². The number of rotatable bonds is 5. The van der Waals surface area contributed by atoms with Crippen molar-refractivity contribution in [1.82, 2.24) is 4.31 Å². The summed E-state index contributed by atoms with van der Waals surface area (Å²) in [6.45, 7) is 5.37. The maximum Gasteiger partial charge on any atom is 0.355 e. The first-order chi connectivity index (χ1) is 14.7. The van der Waals surface area contributed by atoms with E-state index in [1.807, 2.05) is 37.3 Å². The maximum absolute atomic E-state index is 13.4. The summed E-state index contributed by atoms with van der Waals surface area (Å²) in [5.74, 6) is -1.61. The molecule has 2 heterocycles. The van der Waals surface area contributed by atoms with Gasteiger partial charge in [-0.25, -0.2) is 13.2 Å². The second-order valence-electron chi connectivity index (χ2n) is 8.10. The summed E-state index contributed by atoms with van der Waals surface area (Å²) >= 11 is 0. The standard InChI is InChI=1S/C23H25NO6S/c1-16-9-11-18(12-10-16)31(26,27)24-14-21-20(29-23(2,3)30-21)13-19(24)22(25)28-15-17-7-5-4-6-8-17/h4-13,20-21H,14-15H2,1-3H3/t20-,21-/m0/s1. The second kappa shape index (κ2) is 8.11. The molecule has 1 saturated heterocycles. The van der Waals surface area contributed by atoms with Gasteiger partial charge in [0.2, 0.25) is 0 Å². The lowest BCUT2D eigenvalue weighted by Crippen LogP contribution is -2.46. The molecule has 0 spiro atoms. The Labute approximate surface area is 182 Å². The minimum atomic E-state index is -4.00. The van der Waals surface area contributed by atoms with Crippen LogP contribution in [0.1, 0.15) is 25.0 Å². The molecule has 0 N–H and O–H groups in total. The molecule has 0 aromatic heterocycles. The van der Waals surface area contributed by atoms with Crippen molar-refractivity contribution in [2.24, 2.45) is 0 Å². The summed E-state index contributed by atoms with van der Waals surface area (Å²) in [6.07, 6.45) is 0.418. The first kappa shape index (κ1) is 21.5. The Hall–Kier alpha value is -2.68. The summed E-state index contributed by atoms with van der Waals surface area (Å²) in [7, 11) is -4.00. The number of fused-ring (bicyclic) bond motifs is 1. The van der Waals surface area contributed by atoms with Crippen LogP contribution in [0.25, 0.3) is 0 Å². The van der Waals surface area contributed by atoms with Crippen molar-refractivity contribution in [3.05, 3.63) is 77.5 Å². The van der Waals surface area contributed by atoms with E-state index in [-0.39, 0.29) is 23.7 Å². The van der Waals surface area contributed by atoms with Crippen molar-refractivity contribution in [2.45, 2.75) is 50.3 Å². The first-order valence-corrected chi connectivity index (χ1v) is 11.5. The number of benzene rings is 2. The van der Waals surface area contributed by atoms with Crippen LogP contribution in [-0.2, 0) is 35.6 Å². The molecule has 0 amide bonds. The molecular formula is C23H25NO6S. The molecule has 0 radical (unpaired) electrons. The van der Waals surface area contributed by atoms with E-state index in [2.05, 4.69) is 0 Å². The molecule has 1 fully saturated rings. The van der Waals surface area contributed by atoms with Gasteiger partial charge in [-0.05, 0) is 44.5 Å². The summed E-state index contributed by atoms with van der Waals surface area (Å²) in [5.41, 5.74) is 1.67. The van der Waals surface area contributed by atoms with E-state index >= 15 is 0 Å². The average molecular weight is 444 g/mol. The van der Waals surface area contributed by atoms with E-state index in [0.717, 1.165) is 15.4 Å². The molecule has 4 rings (SSSR count). The zero-order valence-electron chi connectivity index (χ0n) is 17.6. The van der Waals surface area contributed by atoms with Crippen LogP contribution in [0.3, 0.4) is 0 Å². The molecule has 2 aliphatic heterocycles. The smallest absolute Gasteiger partial charge is 0.355 e. The van der Waals surface area contributed by atoms with Gasteiger partial charge in [0.05, 0.1) is 11.4 Å². The van der Waals surface area contributed by atoms with Crippen LogP contribution in [0.5, 0.6) is 0 Å². The van der Waals surface area contributed by atoms with Crippen LogP contribution in [0, 0.1) is 6.92 Å². The third-order valence-electron chi connectivity index (χ3n) is 5.19. The van der Waals surface area contributed by atoms with Gasteiger partial charge in [-0.2, -0.15) is 0 Å². The molecule has 0 aliphatic carbocycles. The van der Waals surface area contributed by atoms with Crippen molar-refractivity contribution in [3.63, 3.8) is 0 Å². The minimum Gasteiger partial charge on any atom is -0.456 e. The van der Waals surface area contributed by atoms with Gasteiger partial charge in [0, 0.05) is 0 Å². The molecule has 0 bridgehead atoms. The van der Waals surface area contributed by atoms with Gasteiger partial charge in [-0.15, -0.1) is 0 Å². The van der Waals surface area contributed by atoms with Gasteiger partial charge < -0.3 is 14.2 Å². The monoisotopic (exact) mass is 443 g/mol. The predicted octanol–water partition coefficient (Wildman–Crippen LogP) is 3.15. The second-order valence-corrected chi connectivity index (χ2v) is 9.96. The van der Waals surface area contributed by atoms with Crippen molar-refractivity contribution >= 4 is 16.0 Å². The Balaban J connectivity index is 1.65. The van der Waals surface area contributed by atoms with Crippen molar-refractivity contribution in [1.29, 1.82) is 0 Å². The Morgan fingerprint density at radius 1 is 1.10 bits per heavy atom. The van der Waals surface area contributed by atoms with E-state index in [4.69, 9.17) is 14.2 Å². The molecule has 164 valence electrons. The fourth-order valence-electron chi connectivity index (χ4n) is 3.68. The predicted molar refractivity (Wildman–Crippen MR) is 113 cm³/mol. The lowest BCUT2D eigenvalue weighted by atomic mass is 10.1. The average Bonchev–Trinajstić information content (AvgIpc) is 3.05. The van der Waals surface area contributed by atoms with Crippen LogP contribution < -0.4 is 0 Å². The van der Waals surface area contributed by atoms with Crippen LogP contribution in [-0.4, -0.2) is 43.2 Å². The van der Waals surface area contributed by atoms with E-state index < -0.39 is 34.0 Å². The van der Waals surface area contributed by atoms with Gasteiger partial charge in [-0.1, -0.05) is 48.0 Å². The molecule has 2 aromatic rings. The number of aryl methyl sites for hydroxylation is 1. The molecule has 2 atom stereocenters. The number of ether oxygens (including phenoxy) is 3. The molecule has 0 saturated carbocycles. The number of hydrogen-bond acceptors (Lipinski definition) is 6. The minimum absolute atomic E-state index is 0.0341. The first-order valence-electron chi connectivity index (χ1n) is 10.0. The van der Waals surface area contributed by atoms with E-state index in [9.17, 15) is 13.2 Å². The lowest BCUT2D eigenvalue weighted by Gasteiger charge is -2.33. The summed E-state index contributed by atoms with van der Waals surface area (Å²) in [6, 6.07) is 15.7. The third-order valence-corrected chi connectivity index (χ3v) is 6.98. The molecule has 2 aromatic carbocycles. The van der Waals surface area contributed by atoms with E-state index in [1.54, 1.807) is 26.0 Å². The molecule has 8 heteroatoms. The Kier molecular flexibility index (Phi) is 5.63. The highest BCUT2D eigenvalue weighted by molar-refractivity contribution is 7.89. The molecule has 7 nitrogen and oxygen atoms in total. The highest BCUT2D eigenvalue weighted by Gasteiger charge is 2.48. The maximum atomic E-state index is 13.4. The fourth-order valence-corrected chi connectivity index (χ4v) is 5.15. The normalized spacial score (nSPS) is 22.5. The number of hydrogen-bond donors (Lipinski definition) is 0. The summed E-state index contributed by atoms with van der Waals surface area (Å²) in [4.78, 5) is 13.1. The highest BCUT2D eigenvalue weighted by Crippen LogP contribution is 2.36. The zero-order chi connectivity index (χ0) is 22.2. The van der Waals surface area contributed by atoms with Gasteiger partial charge >= 0.3 is 5.97 Å². The number of carbonyl (C=O) groups excluding carboxylic acids is 1.